The molecule has 0 unspecified atom stereocenters. The van der Waals surface area contributed by atoms with Gasteiger partial charge in [-0.25, -0.2) is 4.79 Å². The van der Waals surface area contributed by atoms with E-state index in [1.54, 1.807) is 24.4 Å². The number of rotatable bonds is 5. The molecule has 16 heavy (non-hydrogen) atoms. The lowest BCUT2D eigenvalue weighted by atomic mass is 10.2. The molecule has 0 aromatic heterocycles. The van der Waals surface area contributed by atoms with E-state index >= 15 is 0 Å². The zero-order valence-corrected chi connectivity index (χ0v) is 10.2. The fraction of sp³-hybridized carbons (Fsp3) is 0.545. The summed E-state index contributed by atoms with van der Waals surface area (Å²) in [5.74, 6) is 0. The third-order valence-corrected chi connectivity index (χ3v) is 1.29. The number of carbonyl (C=O) groups is 1. The van der Waals surface area contributed by atoms with Crippen LogP contribution < -0.4 is 10.8 Å². The molecule has 0 aromatic rings. The zero-order valence-electron chi connectivity index (χ0n) is 10.2. The maximum Gasteiger partial charge on any atom is 0.407 e. The van der Waals surface area contributed by atoms with Gasteiger partial charge in [-0.1, -0.05) is 12.2 Å². The molecule has 0 aliphatic rings. The summed E-state index contributed by atoms with van der Waals surface area (Å²) in [6.45, 7) is 5.89. The molecule has 5 heteroatoms. The van der Waals surface area contributed by atoms with Crippen molar-refractivity contribution in [2.45, 2.75) is 26.4 Å². The zero-order chi connectivity index (χ0) is 12.4. The van der Waals surface area contributed by atoms with Gasteiger partial charge in [0, 0.05) is 12.7 Å². The maximum atomic E-state index is 11.2. The monoisotopic (exact) mass is 228 g/mol. The Morgan fingerprint density at radius 3 is 2.56 bits per heavy atom. The van der Waals surface area contributed by atoms with Crippen molar-refractivity contribution in [3.63, 3.8) is 0 Å². The van der Waals surface area contributed by atoms with E-state index in [0.29, 0.717) is 6.54 Å². The second-order valence-electron chi connectivity index (χ2n) is 3.99. The van der Waals surface area contributed by atoms with E-state index in [2.05, 4.69) is 15.6 Å². The first kappa shape index (κ1) is 14.5. The highest BCUT2D eigenvalue weighted by Crippen LogP contribution is 2.05. The molecule has 0 bridgehead atoms. The molecular formula is C11H20N2O3. The minimum absolute atomic E-state index is 0.420. The van der Waals surface area contributed by atoms with Crippen LogP contribution in [0, 0.1) is 0 Å². The number of carbonyl (C=O) groups excluding carboxylic acids is 1. The van der Waals surface area contributed by atoms with Gasteiger partial charge in [-0.2, -0.15) is 0 Å². The van der Waals surface area contributed by atoms with Gasteiger partial charge in [-0.3, -0.25) is 10.3 Å². The standard InChI is InChI=1S/C11H20N2O3/c1-11(2,3)16-10(14)12-8-6-5-7-9-13-15-4/h5-7,9,13H,8H2,1-4H3,(H,12,14)/b6-5-,9-7-. The van der Waals surface area contributed by atoms with E-state index in [9.17, 15) is 4.79 Å². The molecule has 2 N–H and O–H groups in total. The number of alkyl carbamates (subject to hydrolysis) is 1. The predicted octanol–water partition coefficient (Wildman–Crippen LogP) is 1.73. The quantitative estimate of drug-likeness (QED) is 0.556. The van der Waals surface area contributed by atoms with E-state index in [0.717, 1.165) is 0 Å². The molecule has 0 saturated carbocycles. The van der Waals surface area contributed by atoms with Crippen LogP contribution in [-0.2, 0) is 9.57 Å². The van der Waals surface area contributed by atoms with Crippen molar-refractivity contribution in [2.24, 2.45) is 0 Å². The smallest absolute Gasteiger partial charge is 0.407 e. The summed E-state index contributed by atoms with van der Waals surface area (Å²) >= 11 is 0. The van der Waals surface area contributed by atoms with Crippen molar-refractivity contribution in [3.05, 3.63) is 24.4 Å². The number of hydrogen-bond donors (Lipinski definition) is 2. The Kier molecular flexibility index (Phi) is 7.03. The number of hydrogen-bond acceptors (Lipinski definition) is 4. The van der Waals surface area contributed by atoms with Gasteiger partial charge >= 0.3 is 6.09 Å². The minimum atomic E-state index is -0.462. The summed E-state index contributed by atoms with van der Waals surface area (Å²) in [4.78, 5) is 15.8. The van der Waals surface area contributed by atoms with Crippen molar-refractivity contribution in [3.8, 4) is 0 Å². The van der Waals surface area contributed by atoms with Gasteiger partial charge in [-0.05, 0) is 26.8 Å². The molecule has 0 spiro atoms. The maximum absolute atomic E-state index is 11.2. The van der Waals surface area contributed by atoms with Gasteiger partial charge in [0.2, 0.25) is 0 Å². The van der Waals surface area contributed by atoms with Crippen LogP contribution in [0.5, 0.6) is 0 Å². The highest BCUT2D eigenvalue weighted by atomic mass is 16.6. The van der Waals surface area contributed by atoms with Crippen LogP contribution >= 0.6 is 0 Å². The van der Waals surface area contributed by atoms with Crippen LogP contribution in [0.4, 0.5) is 4.79 Å². The lowest BCUT2D eigenvalue weighted by molar-refractivity contribution is 0.0534. The largest absolute Gasteiger partial charge is 0.444 e. The fourth-order valence-electron chi connectivity index (χ4n) is 0.766. The summed E-state index contributed by atoms with van der Waals surface area (Å²) in [6.07, 6.45) is 6.53. The number of allylic oxidation sites excluding steroid dienone is 2. The first-order valence-corrected chi connectivity index (χ1v) is 5.03. The number of hydroxylamine groups is 1. The van der Waals surface area contributed by atoms with Crippen LogP contribution in [-0.4, -0.2) is 25.3 Å². The highest BCUT2D eigenvalue weighted by molar-refractivity contribution is 5.67. The topological polar surface area (TPSA) is 59.6 Å². The molecule has 0 rings (SSSR count). The molecule has 0 aliphatic carbocycles. The van der Waals surface area contributed by atoms with Gasteiger partial charge in [0.05, 0.1) is 7.11 Å². The predicted molar refractivity (Wildman–Crippen MR) is 62.7 cm³/mol. The lowest BCUT2D eigenvalue weighted by Crippen LogP contribution is -2.32. The molecule has 0 aliphatic heterocycles. The van der Waals surface area contributed by atoms with Crippen molar-refractivity contribution in [1.29, 1.82) is 0 Å². The normalized spacial score (nSPS) is 12.0. The van der Waals surface area contributed by atoms with Gasteiger partial charge in [0.25, 0.3) is 0 Å². The SMILES string of the molecule is CON/C=C\C=C/CNC(=O)OC(C)(C)C. The average Bonchev–Trinajstić information content (AvgIpc) is 2.13. The van der Waals surface area contributed by atoms with Crippen LogP contribution in [0.15, 0.2) is 24.4 Å². The summed E-state index contributed by atoms with van der Waals surface area (Å²) in [6, 6.07) is 0. The second-order valence-corrected chi connectivity index (χ2v) is 3.99. The molecule has 0 fully saturated rings. The molecule has 0 atom stereocenters. The molecule has 0 saturated heterocycles. The van der Waals surface area contributed by atoms with Crippen LogP contribution in [0.3, 0.4) is 0 Å². The molecule has 0 aromatic carbocycles. The van der Waals surface area contributed by atoms with Crippen molar-refractivity contribution in [1.82, 2.24) is 10.8 Å². The Balaban J connectivity index is 3.62. The first-order chi connectivity index (χ1) is 7.45. The number of ether oxygens (including phenoxy) is 1. The Hall–Kier alpha value is -1.49. The fourth-order valence-corrected chi connectivity index (χ4v) is 0.766. The van der Waals surface area contributed by atoms with Crippen LogP contribution in [0.25, 0.3) is 0 Å². The van der Waals surface area contributed by atoms with E-state index in [-0.39, 0.29) is 0 Å². The molecule has 0 heterocycles. The summed E-state index contributed by atoms with van der Waals surface area (Å²) in [7, 11) is 1.53. The van der Waals surface area contributed by atoms with Crippen LogP contribution in [0.1, 0.15) is 20.8 Å². The highest BCUT2D eigenvalue weighted by Gasteiger charge is 2.14. The minimum Gasteiger partial charge on any atom is -0.444 e. The van der Waals surface area contributed by atoms with Crippen molar-refractivity contribution < 1.29 is 14.4 Å². The summed E-state index contributed by atoms with van der Waals surface area (Å²) < 4.78 is 5.05. The second kappa shape index (κ2) is 7.76. The number of nitrogens with one attached hydrogen (secondary N) is 2. The van der Waals surface area contributed by atoms with E-state index in [4.69, 9.17) is 4.74 Å². The summed E-state index contributed by atoms with van der Waals surface area (Å²) in [5.41, 5.74) is 2.07. The first-order valence-electron chi connectivity index (χ1n) is 5.03. The van der Waals surface area contributed by atoms with E-state index < -0.39 is 11.7 Å². The summed E-state index contributed by atoms with van der Waals surface area (Å²) in [5, 5.41) is 2.60. The Bertz CT molecular complexity index is 254. The Labute approximate surface area is 96.5 Å². The molecule has 5 nitrogen and oxygen atoms in total. The Morgan fingerprint density at radius 2 is 2.00 bits per heavy atom. The van der Waals surface area contributed by atoms with Crippen molar-refractivity contribution in [2.75, 3.05) is 13.7 Å². The third kappa shape index (κ3) is 10.6. The Morgan fingerprint density at radius 1 is 1.31 bits per heavy atom. The molecule has 1 amide bonds. The molecule has 0 radical (unpaired) electrons. The van der Waals surface area contributed by atoms with Crippen molar-refractivity contribution >= 4 is 6.09 Å². The lowest BCUT2D eigenvalue weighted by Gasteiger charge is -2.19. The number of amides is 1. The van der Waals surface area contributed by atoms with Gasteiger partial charge in [0.1, 0.15) is 5.60 Å². The van der Waals surface area contributed by atoms with Gasteiger partial charge < -0.3 is 10.1 Å². The van der Waals surface area contributed by atoms with E-state index in [1.807, 2.05) is 20.8 Å². The third-order valence-electron chi connectivity index (χ3n) is 1.29. The molecular weight excluding hydrogens is 208 g/mol. The molecule has 92 valence electrons. The average molecular weight is 228 g/mol. The van der Waals surface area contributed by atoms with Gasteiger partial charge in [-0.15, -0.1) is 0 Å². The van der Waals surface area contributed by atoms with E-state index in [1.165, 1.54) is 7.11 Å². The van der Waals surface area contributed by atoms with Crippen LogP contribution in [0.2, 0.25) is 0 Å². The van der Waals surface area contributed by atoms with Gasteiger partial charge in [0.15, 0.2) is 0 Å².